The molecule has 5 heteroatoms. The molecule has 0 amide bonds. The summed E-state index contributed by atoms with van der Waals surface area (Å²) in [6, 6.07) is 4.57. The van der Waals surface area contributed by atoms with Crippen LogP contribution >= 0.6 is 0 Å². The summed E-state index contributed by atoms with van der Waals surface area (Å²) in [7, 11) is -3.77. The van der Waals surface area contributed by atoms with Crippen LogP contribution in [0.5, 0.6) is 11.5 Å². The van der Waals surface area contributed by atoms with E-state index in [-0.39, 0.29) is 21.3 Å². The van der Waals surface area contributed by atoms with Gasteiger partial charge in [-0.05, 0) is 69.0 Å². The molecule has 0 aliphatic carbocycles. The zero-order chi connectivity index (χ0) is 16.8. The summed E-state index contributed by atoms with van der Waals surface area (Å²) in [6.45, 7) is 8.34. The van der Waals surface area contributed by atoms with Crippen LogP contribution in [0.25, 0.3) is 0 Å². The Balaban J connectivity index is 2.80. The fourth-order valence-corrected chi connectivity index (χ4v) is 4.41. The number of sulfone groups is 1. The summed E-state index contributed by atoms with van der Waals surface area (Å²) in [5, 5.41) is 20.0. The molecule has 0 spiro atoms. The molecule has 2 aromatic carbocycles. The van der Waals surface area contributed by atoms with Gasteiger partial charge in [0.25, 0.3) is 0 Å². The summed E-state index contributed by atoms with van der Waals surface area (Å²) in [5.74, 6) is 0.103. The van der Waals surface area contributed by atoms with E-state index in [2.05, 4.69) is 0 Å². The second-order valence-corrected chi connectivity index (χ2v) is 7.53. The second kappa shape index (κ2) is 5.32. The molecule has 0 bridgehead atoms. The number of hydrogen-bond donors (Lipinski definition) is 2. The first-order valence-electron chi connectivity index (χ1n) is 6.93. The van der Waals surface area contributed by atoms with Crippen molar-refractivity contribution in [2.75, 3.05) is 0 Å². The van der Waals surface area contributed by atoms with Gasteiger partial charge >= 0.3 is 0 Å². The maximum absolute atomic E-state index is 13.0. The SMILES string of the molecule is Cc1ccc(S(=O)(=O)c2cc(C)c(O)c(C)c2C)c(C)c1O. The lowest BCUT2D eigenvalue weighted by Gasteiger charge is -2.16. The number of benzene rings is 2. The van der Waals surface area contributed by atoms with Crippen molar-refractivity contribution in [1.82, 2.24) is 0 Å². The van der Waals surface area contributed by atoms with Crippen LogP contribution in [0.15, 0.2) is 28.0 Å². The first kappa shape index (κ1) is 16.4. The smallest absolute Gasteiger partial charge is 0.207 e. The molecular weight excluding hydrogens is 300 g/mol. The first-order valence-corrected chi connectivity index (χ1v) is 8.41. The monoisotopic (exact) mass is 320 g/mol. The lowest BCUT2D eigenvalue weighted by molar-refractivity contribution is 0.463. The third-order valence-electron chi connectivity index (χ3n) is 4.17. The van der Waals surface area contributed by atoms with E-state index < -0.39 is 9.84 Å². The van der Waals surface area contributed by atoms with Crippen molar-refractivity contribution in [3.63, 3.8) is 0 Å². The Morgan fingerprint density at radius 1 is 0.727 bits per heavy atom. The highest BCUT2D eigenvalue weighted by molar-refractivity contribution is 7.91. The Kier molecular flexibility index (Phi) is 3.96. The van der Waals surface area contributed by atoms with E-state index in [0.717, 1.165) is 0 Å². The Morgan fingerprint density at radius 3 is 1.86 bits per heavy atom. The van der Waals surface area contributed by atoms with Gasteiger partial charge in [0.2, 0.25) is 9.84 Å². The van der Waals surface area contributed by atoms with Gasteiger partial charge in [0.05, 0.1) is 9.79 Å². The maximum atomic E-state index is 13.0. The van der Waals surface area contributed by atoms with E-state index in [9.17, 15) is 18.6 Å². The molecule has 2 rings (SSSR count). The number of phenolic OH excluding ortho intramolecular Hbond substituents is 2. The molecule has 0 aliphatic heterocycles. The van der Waals surface area contributed by atoms with Crippen LogP contribution in [0.4, 0.5) is 0 Å². The zero-order valence-electron chi connectivity index (χ0n) is 13.4. The van der Waals surface area contributed by atoms with E-state index >= 15 is 0 Å². The van der Waals surface area contributed by atoms with Crippen molar-refractivity contribution in [3.05, 3.63) is 46.0 Å². The van der Waals surface area contributed by atoms with Crippen molar-refractivity contribution in [2.45, 2.75) is 44.4 Å². The Hall–Kier alpha value is -2.01. The van der Waals surface area contributed by atoms with E-state index in [0.29, 0.717) is 27.8 Å². The van der Waals surface area contributed by atoms with Gasteiger partial charge in [-0.15, -0.1) is 0 Å². The third-order valence-corrected chi connectivity index (χ3v) is 6.19. The van der Waals surface area contributed by atoms with Gasteiger partial charge < -0.3 is 10.2 Å². The van der Waals surface area contributed by atoms with Gasteiger partial charge in [0.15, 0.2) is 0 Å². The molecule has 2 aromatic rings. The predicted molar refractivity (Wildman–Crippen MR) is 85.4 cm³/mol. The number of rotatable bonds is 2. The molecule has 4 nitrogen and oxygen atoms in total. The summed E-state index contributed by atoms with van der Waals surface area (Å²) in [6.07, 6.45) is 0. The fourth-order valence-electron chi connectivity index (χ4n) is 2.54. The maximum Gasteiger partial charge on any atom is 0.207 e. The lowest BCUT2D eigenvalue weighted by atomic mass is 10.1. The van der Waals surface area contributed by atoms with Gasteiger partial charge in [-0.25, -0.2) is 8.42 Å². The van der Waals surface area contributed by atoms with Crippen molar-refractivity contribution < 1.29 is 18.6 Å². The van der Waals surface area contributed by atoms with Crippen LogP contribution in [-0.4, -0.2) is 18.6 Å². The van der Waals surface area contributed by atoms with E-state index in [1.165, 1.54) is 12.1 Å². The van der Waals surface area contributed by atoms with Gasteiger partial charge in [0.1, 0.15) is 11.5 Å². The highest BCUT2D eigenvalue weighted by Gasteiger charge is 2.26. The Morgan fingerprint density at radius 2 is 1.27 bits per heavy atom. The second-order valence-electron chi connectivity index (χ2n) is 5.65. The topological polar surface area (TPSA) is 74.6 Å². The molecule has 2 N–H and O–H groups in total. The Labute approximate surface area is 131 Å². The number of aryl methyl sites for hydroxylation is 2. The summed E-state index contributed by atoms with van der Waals surface area (Å²) >= 11 is 0. The van der Waals surface area contributed by atoms with Crippen LogP contribution in [0, 0.1) is 34.6 Å². The average Bonchev–Trinajstić information content (AvgIpc) is 2.46. The molecule has 0 atom stereocenters. The van der Waals surface area contributed by atoms with Crippen molar-refractivity contribution in [3.8, 4) is 11.5 Å². The van der Waals surface area contributed by atoms with E-state index in [1.54, 1.807) is 40.7 Å². The molecule has 0 aromatic heterocycles. The van der Waals surface area contributed by atoms with E-state index in [1.807, 2.05) is 0 Å². The molecule has 0 saturated heterocycles. The van der Waals surface area contributed by atoms with Crippen molar-refractivity contribution in [2.24, 2.45) is 0 Å². The normalized spacial score (nSPS) is 11.7. The molecule has 22 heavy (non-hydrogen) atoms. The van der Waals surface area contributed by atoms with E-state index in [4.69, 9.17) is 0 Å². The van der Waals surface area contributed by atoms with Gasteiger partial charge in [-0.2, -0.15) is 0 Å². The van der Waals surface area contributed by atoms with Crippen LogP contribution < -0.4 is 0 Å². The quantitative estimate of drug-likeness (QED) is 0.888. The molecular formula is C17H20O4S. The van der Waals surface area contributed by atoms with Gasteiger partial charge in [-0.3, -0.25) is 0 Å². The predicted octanol–water partition coefficient (Wildman–Crippen LogP) is 3.47. The zero-order valence-corrected chi connectivity index (χ0v) is 14.2. The standard InChI is InChI=1S/C17H20O4S/c1-9-6-7-14(13(5)16(9)18)22(20,21)15-8-10(2)17(19)12(4)11(15)3/h6-8,18-19H,1-5H3. The molecule has 0 fully saturated rings. The molecule has 0 unspecified atom stereocenters. The summed E-state index contributed by atoms with van der Waals surface area (Å²) in [4.78, 5) is 0.245. The molecule has 0 heterocycles. The van der Waals surface area contributed by atoms with Crippen molar-refractivity contribution >= 4 is 9.84 Å². The number of phenols is 2. The number of hydrogen-bond acceptors (Lipinski definition) is 4. The van der Waals surface area contributed by atoms with Gasteiger partial charge in [-0.1, -0.05) is 6.07 Å². The Bertz CT molecular complexity index is 865. The van der Waals surface area contributed by atoms with Crippen molar-refractivity contribution in [1.29, 1.82) is 0 Å². The summed E-state index contributed by atoms with van der Waals surface area (Å²) < 4.78 is 25.9. The van der Waals surface area contributed by atoms with Crippen LogP contribution in [0.1, 0.15) is 27.8 Å². The minimum atomic E-state index is -3.77. The molecule has 0 aliphatic rings. The number of aromatic hydroxyl groups is 2. The van der Waals surface area contributed by atoms with Crippen LogP contribution in [-0.2, 0) is 9.84 Å². The minimum Gasteiger partial charge on any atom is -0.507 e. The minimum absolute atomic E-state index is 0.00838. The third kappa shape index (κ3) is 2.35. The fraction of sp³-hybridized carbons (Fsp3) is 0.294. The molecule has 0 saturated carbocycles. The van der Waals surface area contributed by atoms with Gasteiger partial charge in [0, 0.05) is 5.56 Å². The van der Waals surface area contributed by atoms with Crippen LogP contribution in [0.3, 0.4) is 0 Å². The van der Waals surface area contributed by atoms with Crippen LogP contribution in [0.2, 0.25) is 0 Å². The first-order chi connectivity index (χ1) is 10.1. The average molecular weight is 320 g/mol. The lowest BCUT2D eigenvalue weighted by Crippen LogP contribution is -2.08. The largest absolute Gasteiger partial charge is 0.507 e. The summed E-state index contributed by atoms with van der Waals surface area (Å²) in [5.41, 5.74) is 2.54. The highest BCUT2D eigenvalue weighted by atomic mass is 32.2. The molecule has 118 valence electrons. The highest BCUT2D eigenvalue weighted by Crippen LogP contribution is 2.36. The molecule has 0 radical (unpaired) electrons.